The van der Waals surface area contributed by atoms with Gasteiger partial charge in [-0.15, -0.1) is 0 Å². The number of carbonyl (C=O) groups is 1. The standard InChI is InChI=1S/C6H11O3/c1-4-6(7)9-5(2)8-3/h4-5H,1-3H3. The van der Waals surface area contributed by atoms with Gasteiger partial charge in [0.25, 0.3) is 0 Å². The van der Waals surface area contributed by atoms with Crippen LogP contribution in [0.4, 0.5) is 0 Å². The molecule has 0 saturated heterocycles. The Labute approximate surface area is 55.0 Å². The van der Waals surface area contributed by atoms with E-state index in [1.54, 1.807) is 13.8 Å². The number of carbonyl (C=O) groups excluding carboxylic acids is 1. The fourth-order valence-electron chi connectivity index (χ4n) is 0.280. The molecule has 0 heterocycles. The molecule has 0 aliphatic rings. The summed E-state index contributed by atoms with van der Waals surface area (Å²) in [4.78, 5) is 10.4. The molecule has 0 amide bonds. The zero-order valence-electron chi connectivity index (χ0n) is 5.88. The Kier molecular flexibility index (Phi) is 4.05. The van der Waals surface area contributed by atoms with Crippen LogP contribution >= 0.6 is 0 Å². The molecule has 0 aromatic heterocycles. The highest BCUT2D eigenvalue weighted by atomic mass is 16.7. The molecule has 0 saturated carbocycles. The van der Waals surface area contributed by atoms with E-state index in [4.69, 9.17) is 0 Å². The zero-order valence-corrected chi connectivity index (χ0v) is 5.88. The van der Waals surface area contributed by atoms with Gasteiger partial charge in [-0.2, -0.15) is 0 Å². The summed E-state index contributed by atoms with van der Waals surface area (Å²) in [5.41, 5.74) is 0. The first-order valence-corrected chi connectivity index (χ1v) is 2.73. The van der Waals surface area contributed by atoms with Crippen molar-refractivity contribution in [2.24, 2.45) is 0 Å². The van der Waals surface area contributed by atoms with Gasteiger partial charge in [0.2, 0.25) is 0 Å². The Balaban J connectivity index is 3.34. The Morgan fingerprint density at radius 3 is 2.56 bits per heavy atom. The van der Waals surface area contributed by atoms with E-state index in [9.17, 15) is 4.79 Å². The minimum Gasteiger partial charge on any atom is -0.436 e. The van der Waals surface area contributed by atoms with Gasteiger partial charge in [0.15, 0.2) is 6.29 Å². The number of rotatable bonds is 3. The Hall–Kier alpha value is -0.570. The van der Waals surface area contributed by atoms with Crippen LogP contribution in [0.15, 0.2) is 0 Å². The highest BCUT2D eigenvalue weighted by Gasteiger charge is 2.03. The number of ether oxygens (including phenoxy) is 2. The van der Waals surface area contributed by atoms with E-state index in [-0.39, 0.29) is 5.97 Å². The van der Waals surface area contributed by atoms with Gasteiger partial charge >= 0.3 is 5.97 Å². The van der Waals surface area contributed by atoms with Crippen LogP contribution < -0.4 is 0 Å². The number of methoxy groups -OCH3 is 1. The summed E-state index contributed by atoms with van der Waals surface area (Å²) in [7, 11) is 1.48. The smallest absolute Gasteiger partial charge is 0.311 e. The Bertz CT molecular complexity index is 90.3. The van der Waals surface area contributed by atoms with Crippen LogP contribution in [0.1, 0.15) is 13.8 Å². The summed E-state index contributed by atoms with van der Waals surface area (Å²) in [6.45, 7) is 3.27. The number of hydrogen-bond acceptors (Lipinski definition) is 3. The lowest BCUT2D eigenvalue weighted by molar-refractivity contribution is -0.165. The van der Waals surface area contributed by atoms with Crippen LogP contribution in [0.3, 0.4) is 0 Å². The molecular weight excluding hydrogens is 120 g/mol. The maximum absolute atomic E-state index is 10.4. The average molecular weight is 131 g/mol. The van der Waals surface area contributed by atoms with E-state index in [1.165, 1.54) is 13.5 Å². The van der Waals surface area contributed by atoms with Crippen molar-refractivity contribution in [1.29, 1.82) is 0 Å². The van der Waals surface area contributed by atoms with Crippen molar-refractivity contribution >= 4 is 5.97 Å². The molecule has 0 spiro atoms. The third kappa shape index (κ3) is 3.97. The van der Waals surface area contributed by atoms with Crippen LogP contribution in [-0.2, 0) is 14.3 Å². The first-order chi connectivity index (χ1) is 4.20. The zero-order chi connectivity index (χ0) is 7.28. The van der Waals surface area contributed by atoms with Crippen molar-refractivity contribution in [2.45, 2.75) is 20.1 Å². The maximum Gasteiger partial charge on any atom is 0.311 e. The molecule has 53 valence electrons. The normalized spacial score (nSPS) is 12.8. The maximum atomic E-state index is 10.4. The highest BCUT2D eigenvalue weighted by Crippen LogP contribution is 1.92. The van der Waals surface area contributed by atoms with E-state index < -0.39 is 6.29 Å². The largest absolute Gasteiger partial charge is 0.436 e. The third-order valence-electron chi connectivity index (χ3n) is 0.850. The molecule has 0 aliphatic heterocycles. The van der Waals surface area contributed by atoms with E-state index in [1.807, 2.05) is 0 Å². The van der Waals surface area contributed by atoms with Crippen molar-refractivity contribution in [3.05, 3.63) is 6.42 Å². The van der Waals surface area contributed by atoms with Crippen molar-refractivity contribution < 1.29 is 14.3 Å². The second-order valence-electron chi connectivity index (χ2n) is 1.53. The topological polar surface area (TPSA) is 35.5 Å². The van der Waals surface area contributed by atoms with Gasteiger partial charge in [-0.3, -0.25) is 4.79 Å². The van der Waals surface area contributed by atoms with Crippen LogP contribution in [0.2, 0.25) is 0 Å². The minimum atomic E-state index is -0.450. The fourth-order valence-corrected chi connectivity index (χ4v) is 0.280. The van der Waals surface area contributed by atoms with Gasteiger partial charge in [-0.1, -0.05) is 6.92 Å². The third-order valence-corrected chi connectivity index (χ3v) is 0.850. The molecule has 1 radical (unpaired) electrons. The molecule has 3 nitrogen and oxygen atoms in total. The van der Waals surface area contributed by atoms with E-state index >= 15 is 0 Å². The first kappa shape index (κ1) is 8.43. The van der Waals surface area contributed by atoms with Crippen molar-refractivity contribution in [3.63, 3.8) is 0 Å². The Morgan fingerprint density at radius 1 is 1.67 bits per heavy atom. The summed E-state index contributed by atoms with van der Waals surface area (Å²) < 4.78 is 9.29. The summed E-state index contributed by atoms with van der Waals surface area (Å²) in [5, 5.41) is 0. The second kappa shape index (κ2) is 4.32. The SMILES string of the molecule is C[CH]C(=O)OC(C)OC. The molecule has 1 unspecified atom stereocenters. The first-order valence-electron chi connectivity index (χ1n) is 2.73. The molecule has 0 aromatic carbocycles. The van der Waals surface area contributed by atoms with Crippen LogP contribution in [0.25, 0.3) is 0 Å². The van der Waals surface area contributed by atoms with Gasteiger partial charge in [-0.05, 0) is 6.92 Å². The highest BCUT2D eigenvalue weighted by molar-refractivity contribution is 5.78. The molecular formula is C6H11O3. The van der Waals surface area contributed by atoms with Gasteiger partial charge < -0.3 is 9.47 Å². The van der Waals surface area contributed by atoms with Gasteiger partial charge in [0.1, 0.15) is 0 Å². The van der Waals surface area contributed by atoms with Crippen LogP contribution in [0.5, 0.6) is 0 Å². The van der Waals surface area contributed by atoms with E-state index in [0.717, 1.165) is 0 Å². The molecule has 0 aliphatic carbocycles. The van der Waals surface area contributed by atoms with E-state index in [0.29, 0.717) is 0 Å². The molecule has 9 heavy (non-hydrogen) atoms. The predicted octanol–water partition coefficient (Wildman–Crippen LogP) is 0.746. The molecule has 0 bridgehead atoms. The van der Waals surface area contributed by atoms with Gasteiger partial charge in [0.05, 0.1) is 6.42 Å². The minimum absolute atomic E-state index is 0.357. The van der Waals surface area contributed by atoms with Crippen LogP contribution in [0, 0.1) is 6.42 Å². The van der Waals surface area contributed by atoms with Crippen molar-refractivity contribution in [3.8, 4) is 0 Å². The molecule has 3 heteroatoms. The predicted molar refractivity (Wildman–Crippen MR) is 32.5 cm³/mol. The monoisotopic (exact) mass is 131 g/mol. The average Bonchev–Trinajstić information content (AvgIpc) is 1.87. The molecule has 1 atom stereocenters. The fraction of sp³-hybridized carbons (Fsp3) is 0.667. The molecule has 0 aromatic rings. The lowest BCUT2D eigenvalue weighted by Crippen LogP contribution is -2.15. The molecule has 0 rings (SSSR count). The van der Waals surface area contributed by atoms with Crippen molar-refractivity contribution in [2.75, 3.05) is 7.11 Å². The summed E-state index contributed by atoms with van der Waals surface area (Å²) in [6.07, 6.45) is 0.892. The number of hydrogen-bond donors (Lipinski definition) is 0. The molecule has 0 fully saturated rings. The summed E-state index contributed by atoms with van der Waals surface area (Å²) in [6, 6.07) is 0. The lowest BCUT2D eigenvalue weighted by Gasteiger charge is -2.08. The van der Waals surface area contributed by atoms with Crippen molar-refractivity contribution in [1.82, 2.24) is 0 Å². The second-order valence-corrected chi connectivity index (χ2v) is 1.53. The molecule has 0 N–H and O–H groups in total. The van der Waals surface area contributed by atoms with Gasteiger partial charge in [0, 0.05) is 7.11 Å². The summed E-state index contributed by atoms with van der Waals surface area (Å²) in [5.74, 6) is -0.357. The van der Waals surface area contributed by atoms with Gasteiger partial charge in [-0.25, -0.2) is 0 Å². The van der Waals surface area contributed by atoms with Crippen LogP contribution in [-0.4, -0.2) is 19.4 Å². The number of esters is 1. The lowest BCUT2D eigenvalue weighted by atomic mass is 10.5. The summed E-state index contributed by atoms with van der Waals surface area (Å²) >= 11 is 0. The van der Waals surface area contributed by atoms with E-state index in [2.05, 4.69) is 9.47 Å². The quantitative estimate of drug-likeness (QED) is 0.418. The Morgan fingerprint density at radius 2 is 2.22 bits per heavy atom.